The van der Waals surface area contributed by atoms with Crippen LogP contribution in [0.1, 0.15) is 6.92 Å². The number of rotatable bonds is 5. The van der Waals surface area contributed by atoms with Gasteiger partial charge in [0.1, 0.15) is 5.75 Å². The van der Waals surface area contributed by atoms with E-state index < -0.39 is 0 Å². The molecule has 5 heteroatoms. The standard InChI is InChI=1S/C14H20N2O3/c1-2-19-13-5-3-4-12(10-13)15-11-14(17)16-6-8-18-9-7-16/h3-5,10,15H,2,6-9,11H2,1H3. The van der Waals surface area contributed by atoms with Crippen molar-refractivity contribution in [2.24, 2.45) is 0 Å². The van der Waals surface area contributed by atoms with Crippen molar-refractivity contribution in [3.63, 3.8) is 0 Å². The molecule has 0 aliphatic carbocycles. The number of ether oxygens (including phenoxy) is 2. The summed E-state index contributed by atoms with van der Waals surface area (Å²) in [6, 6.07) is 7.64. The highest BCUT2D eigenvalue weighted by atomic mass is 16.5. The summed E-state index contributed by atoms with van der Waals surface area (Å²) in [5.41, 5.74) is 0.896. The number of anilines is 1. The van der Waals surface area contributed by atoms with Crippen LogP contribution >= 0.6 is 0 Å². The first kappa shape index (κ1) is 13.7. The van der Waals surface area contributed by atoms with Gasteiger partial charge in [0.15, 0.2) is 0 Å². The Hall–Kier alpha value is -1.75. The molecule has 19 heavy (non-hydrogen) atoms. The van der Waals surface area contributed by atoms with Crippen LogP contribution in [0.15, 0.2) is 24.3 Å². The third kappa shape index (κ3) is 4.13. The lowest BCUT2D eigenvalue weighted by Gasteiger charge is -2.27. The summed E-state index contributed by atoms with van der Waals surface area (Å²) in [7, 11) is 0. The lowest BCUT2D eigenvalue weighted by molar-refractivity contribution is -0.133. The van der Waals surface area contributed by atoms with Gasteiger partial charge in [0.25, 0.3) is 0 Å². The van der Waals surface area contributed by atoms with E-state index in [1.54, 1.807) is 0 Å². The largest absolute Gasteiger partial charge is 0.494 e. The molecule has 5 nitrogen and oxygen atoms in total. The third-order valence-corrected chi connectivity index (χ3v) is 2.95. The first-order valence-corrected chi connectivity index (χ1v) is 6.62. The Balaban J connectivity index is 1.83. The van der Waals surface area contributed by atoms with Crippen LogP contribution in [-0.2, 0) is 9.53 Å². The topological polar surface area (TPSA) is 50.8 Å². The summed E-state index contributed by atoms with van der Waals surface area (Å²) >= 11 is 0. The van der Waals surface area contributed by atoms with E-state index in [4.69, 9.17) is 9.47 Å². The number of morpholine rings is 1. The van der Waals surface area contributed by atoms with Crippen LogP contribution in [0.25, 0.3) is 0 Å². The SMILES string of the molecule is CCOc1cccc(NCC(=O)N2CCOCC2)c1. The normalized spacial score (nSPS) is 15.1. The summed E-state index contributed by atoms with van der Waals surface area (Å²) in [5, 5.41) is 3.13. The van der Waals surface area contributed by atoms with Crippen LogP contribution in [0.5, 0.6) is 5.75 Å². The van der Waals surface area contributed by atoms with Crippen LogP contribution in [0.2, 0.25) is 0 Å². The summed E-state index contributed by atoms with van der Waals surface area (Å²) in [4.78, 5) is 13.8. The Morgan fingerprint density at radius 3 is 2.95 bits per heavy atom. The van der Waals surface area contributed by atoms with Crippen molar-refractivity contribution in [2.75, 3.05) is 44.8 Å². The van der Waals surface area contributed by atoms with Gasteiger partial charge < -0.3 is 19.7 Å². The zero-order valence-corrected chi connectivity index (χ0v) is 11.2. The van der Waals surface area contributed by atoms with Crippen molar-refractivity contribution in [3.05, 3.63) is 24.3 Å². The van der Waals surface area contributed by atoms with Crippen molar-refractivity contribution >= 4 is 11.6 Å². The van der Waals surface area contributed by atoms with Gasteiger partial charge in [-0.3, -0.25) is 4.79 Å². The van der Waals surface area contributed by atoms with Gasteiger partial charge in [0.05, 0.1) is 26.4 Å². The molecule has 1 aromatic carbocycles. The second-order valence-electron chi connectivity index (χ2n) is 4.31. The number of benzene rings is 1. The number of amides is 1. The molecule has 1 aromatic rings. The molecule has 0 spiro atoms. The Morgan fingerprint density at radius 1 is 1.42 bits per heavy atom. The molecular formula is C14H20N2O3. The lowest BCUT2D eigenvalue weighted by atomic mass is 10.3. The van der Waals surface area contributed by atoms with Crippen molar-refractivity contribution in [2.45, 2.75) is 6.92 Å². The molecule has 1 aliphatic heterocycles. The molecule has 1 saturated heterocycles. The van der Waals surface area contributed by atoms with E-state index in [1.807, 2.05) is 36.1 Å². The fourth-order valence-electron chi connectivity index (χ4n) is 1.96. The van der Waals surface area contributed by atoms with E-state index in [-0.39, 0.29) is 5.91 Å². The van der Waals surface area contributed by atoms with E-state index in [1.165, 1.54) is 0 Å². The molecule has 0 radical (unpaired) electrons. The van der Waals surface area contributed by atoms with Crippen LogP contribution in [-0.4, -0.2) is 50.3 Å². The van der Waals surface area contributed by atoms with Crippen molar-refractivity contribution in [3.8, 4) is 5.75 Å². The van der Waals surface area contributed by atoms with Gasteiger partial charge in [-0.25, -0.2) is 0 Å². The molecule has 1 N–H and O–H groups in total. The Bertz CT molecular complexity index is 417. The lowest BCUT2D eigenvalue weighted by Crippen LogP contribution is -2.43. The molecule has 0 saturated carbocycles. The Kier molecular flexibility index (Phi) is 5.03. The highest BCUT2D eigenvalue weighted by Gasteiger charge is 2.16. The van der Waals surface area contributed by atoms with Crippen molar-refractivity contribution in [1.29, 1.82) is 0 Å². The van der Waals surface area contributed by atoms with E-state index in [2.05, 4.69) is 5.32 Å². The van der Waals surface area contributed by atoms with Crippen molar-refractivity contribution < 1.29 is 14.3 Å². The van der Waals surface area contributed by atoms with E-state index in [0.29, 0.717) is 39.5 Å². The number of nitrogens with zero attached hydrogens (tertiary/aromatic N) is 1. The van der Waals surface area contributed by atoms with Crippen LogP contribution in [0, 0.1) is 0 Å². The minimum Gasteiger partial charge on any atom is -0.494 e. The zero-order valence-electron chi connectivity index (χ0n) is 11.2. The van der Waals surface area contributed by atoms with Gasteiger partial charge in [0.2, 0.25) is 5.91 Å². The second-order valence-corrected chi connectivity index (χ2v) is 4.31. The third-order valence-electron chi connectivity index (χ3n) is 2.95. The molecule has 1 amide bonds. The molecule has 0 unspecified atom stereocenters. The molecule has 2 rings (SSSR count). The molecule has 104 valence electrons. The second kappa shape index (κ2) is 6.99. The van der Waals surface area contributed by atoms with Crippen LogP contribution in [0.3, 0.4) is 0 Å². The fourth-order valence-corrected chi connectivity index (χ4v) is 1.96. The highest BCUT2D eigenvalue weighted by molar-refractivity contribution is 5.81. The summed E-state index contributed by atoms with van der Waals surface area (Å²) in [6.07, 6.45) is 0. The molecule has 0 aromatic heterocycles. The van der Waals surface area contributed by atoms with Crippen LogP contribution < -0.4 is 10.1 Å². The number of carbonyl (C=O) groups excluding carboxylic acids is 1. The van der Waals surface area contributed by atoms with Gasteiger partial charge in [-0.05, 0) is 19.1 Å². The highest BCUT2D eigenvalue weighted by Crippen LogP contribution is 2.17. The average molecular weight is 264 g/mol. The van der Waals surface area contributed by atoms with Gasteiger partial charge in [0, 0.05) is 24.8 Å². The summed E-state index contributed by atoms with van der Waals surface area (Å²) < 4.78 is 10.6. The number of hydrogen-bond donors (Lipinski definition) is 1. The molecule has 0 bridgehead atoms. The minimum atomic E-state index is 0.102. The monoisotopic (exact) mass is 264 g/mol. The van der Waals surface area contributed by atoms with Gasteiger partial charge in [-0.15, -0.1) is 0 Å². The maximum absolute atomic E-state index is 12.0. The fraction of sp³-hybridized carbons (Fsp3) is 0.500. The summed E-state index contributed by atoms with van der Waals surface area (Å²) in [6.45, 7) is 5.50. The van der Waals surface area contributed by atoms with Gasteiger partial charge >= 0.3 is 0 Å². The summed E-state index contributed by atoms with van der Waals surface area (Å²) in [5.74, 6) is 0.913. The molecule has 0 atom stereocenters. The predicted octanol–water partition coefficient (Wildman–Crippen LogP) is 1.36. The van der Waals surface area contributed by atoms with Crippen molar-refractivity contribution in [1.82, 2.24) is 4.90 Å². The predicted molar refractivity (Wildman–Crippen MR) is 73.5 cm³/mol. The number of nitrogens with one attached hydrogen (secondary N) is 1. The molecular weight excluding hydrogens is 244 g/mol. The van der Waals surface area contributed by atoms with E-state index >= 15 is 0 Å². The quantitative estimate of drug-likeness (QED) is 0.872. The first-order chi connectivity index (χ1) is 9.29. The van der Waals surface area contributed by atoms with Crippen LogP contribution in [0.4, 0.5) is 5.69 Å². The first-order valence-electron chi connectivity index (χ1n) is 6.62. The number of carbonyl (C=O) groups is 1. The van der Waals surface area contributed by atoms with E-state index in [9.17, 15) is 4.79 Å². The molecule has 1 aliphatic rings. The zero-order chi connectivity index (χ0) is 13.5. The molecule has 1 fully saturated rings. The maximum Gasteiger partial charge on any atom is 0.242 e. The van der Waals surface area contributed by atoms with Gasteiger partial charge in [-0.2, -0.15) is 0 Å². The average Bonchev–Trinajstić information content (AvgIpc) is 2.46. The maximum atomic E-state index is 12.0. The Morgan fingerprint density at radius 2 is 2.21 bits per heavy atom. The van der Waals surface area contributed by atoms with E-state index in [0.717, 1.165) is 11.4 Å². The Labute approximate surface area is 113 Å². The molecule has 1 heterocycles. The van der Waals surface area contributed by atoms with Gasteiger partial charge in [-0.1, -0.05) is 6.07 Å². The minimum absolute atomic E-state index is 0.102. The smallest absolute Gasteiger partial charge is 0.242 e. The number of hydrogen-bond acceptors (Lipinski definition) is 4.